The first-order chi connectivity index (χ1) is 10.8. The van der Waals surface area contributed by atoms with Crippen molar-refractivity contribution in [1.82, 2.24) is 9.97 Å². The summed E-state index contributed by atoms with van der Waals surface area (Å²) in [6.07, 6.45) is 1.69. The lowest BCUT2D eigenvalue weighted by atomic mass is 10.2. The van der Waals surface area contributed by atoms with Gasteiger partial charge in [-0.1, -0.05) is 18.2 Å². The third-order valence-corrected chi connectivity index (χ3v) is 5.24. The number of aromatic nitrogens is 2. The van der Waals surface area contributed by atoms with Gasteiger partial charge in [0.2, 0.25) is 0 Å². The normalized spacial score (nSPS) is 15.5. The predicted molar refractivity (Wildman–Crippen MR) is 93.0 cm³/mol. The second kappa shape index (κ2) is 5.57. The zero-order chi connectivity index (χ0) is 14.9. The lowest BCUT2D eigenvalue weighted by Gasteiger charge is -2.37. The number of nitrogens with zero attached hydrogens (tertiary/aromatic N) is 4. The summed E-state index contributed by atoms with van der Waals surface area (Å²) in [7, 11) is 0. The second-order valence-electron chi connectivity index (χ2n) is 5.61. The van der Waals surface area contributed by atoms with Gasteiger partial charge in [-0.15, -0.1) is 11.3 Å². The van der Waals surface area contributed by atoms with Gasteiger partial charge in [0.15, 0.2) is 0 Å². The minimum absolute atomic E-state index is 0.996. The number of hydrogen-bond acceptors (Lipinski definition) is 5. The molecule has 0 unspecified atom stereocenters. The maximum Gasteiger partial charge on any atom is 0.141 e. The Hall–Kier alpha value is -2.14. The highest BCUT2D eigenvalue weighted by Crippen LogP contribution is 2.31. The molecule has 3 aromatic rings. The number of fused-ring (bicyclic) bond motifs is 1. The van der Waals surface area contributed by atoms with Crippen LogP contribution >= 0.6 is 11.3 Å². The number of benzene rings is 1. The summed E-state index contributed by atoms with van der Waals surface area (Å²) in [4.78, 5) is 14.9. The van der Waals surface area contributed by atoms with Gasteiger partial charge in [0.05, 0.1) is 5.39 Å². The number of piperazine rings is 1. The van der Waals surface area contributed by atoms with Gasteiger partial charge in [-0.3, -0.25) is 0 Å². The Morgan fingerprint density at radius 1 is 0.955 bits per heavy atom. The molecule has 112 valence electrons. The fourth-order valence-electron chi connectivity index (χ4n) is 3.05. The fourth-order valence-corrected chi connectivity index (χ4v) is 3.94. The minimum Gasteiger partial charge on any atom is -0.368 e. The van der Waals surface area contributed by atoms with Crippen molar-refractivity contribution in [1.29, 1.82) is 0 Å². The molecule has 0 bridgehead atoms. The molecule has 4 nitrogen and oxygen atoms in total. The Labute approximate surface area is 134 Å². The van der Waals surface area contributed by atoms with E-state index in [1.54, 1.807) is 17.7 Å². The third kappa shape index (κ3) is 2.31. The molecule has 0 radical (unpaired) electrons. The van der Waals surface area contributed by atoms with Gasteiger partial charge in [0.1, 0.15) is 17.0 Å². The smallest absolute Gasteiger partial charge is 0.141 e. The van der Waals surface area contributed by atoms with Crippen molar-refractivity contribution in [3.8, 4) is 0 Å². The molecule has 0 saturated carbocycles. The first-order valence-corrected chi connectivity index (χ1v) is 8.44. The molecule has 3 heterocycles. The number of aryl methyl sites for hydroxylation is 1. The summed E-state index contributed by atoms with van der Waals surface area (Å²) in [5, 5.41) is 3.39. The van der Waals surface area contributed by atoms with Gasteiger partial charge >= 0.3 is 0 Å². The van der Waals surface area contributed by atoms with Crippen molar-refractivity contribution in [3.05, 3.63) is 47.6 Å². The van der Waals surface area contributed by atoms with Crippen LogP contribution in [0.1, 0.15) is 5.56 Å². The van der Waals surface area contributed by atoms with Crippen LogP contribution in [0.2, 0.25) is 0 Å². The molecule has 1 saturated heterocycles. The van der Waals surface area contributed by atoms with E-state index in [-0.39, 0.29) is 0 Å². The third-order valence-electron chi connectivity index (χ3n) is 4.23. The van der Waals surface area contributed by atoms with E-state index >= 15 is 0 Å². The molecular weight excluding hydrogens is 292 g/mol. The number of hydrogen-bond donors (Lipinski definition) is 0. The van der Waals surface area contributed by atoms with Crippen LogP contribution in [0.25, 0.3) is 10.2 Å². The minimum atomic E-state index is 0.996. The quantitative estimate of drug-likeness (QED) is 0.727. The molecule has 22 heavy (non-hydrogen) atoms. The van der Waals surface area contributed by atoms with Crippen LogP contribution in [-0.2, 0) is 0 Å². The van der Waals surface area contributed by atoms with Crippen LogP contribution in [-0.4, -0.2) is 36.1 Å². The zero-order valence-electron chi connectivity index (χ0n) is 12.6. The highest BCUT2D eigenvalue weighted by molar-refractivity contribution is 7.17. The summed E-state index contributed by atoms with van der Waals surface area (Å²) in [5.74, 6) is 1.09. The van der Waals surface area contributed by atoms with Crippen molar-refractivity contribution in [3.63, 3.8) is 0 Å². The van der Waals surface area contributed by atoms with E-state index in [9.17, 15) is 0 Å². The van der Waals surface area contributed by atoms with Crippen molar-refractivity contribution < 1.29 is 0 Å². The Bertz CT molecular complexity index is 776. The summed E-state index contributed by atoms with van der Waals surface area (Å²) in [6, 6.07) is 10.6. The maximum atomic E-state index is 4.56. The van der Waals surface area contributed by atoms with Crippen LogP contribution < -0.4 is 9.80 Å². The lowest BCUT2D eigenvalue weighted by Crippen LogP contribution is -2.46. The topological polar surface area (TPSA) is 32.3 Å². The first-order valence-electron chi connectivity index (χ1n) is 7.56. The van der Waals surface area contributed by atoms with Crippen molar-refractivity contribution in [2.75, 3.05) is 36.0 Å². The van der Waals surface area contributed by atoms with E-state index in [2.05, 4.69) is 62.4 Å². The SMILES string of the molecule is Cc1csc2ncnc(N3CCN(c4ccccc4)CC3)c12. The summed E-state index contributed by atoms with van der Waals surface area (Å²) in [5.41, 5.74) is 2.59. The van der Waals surface area contributed by atoms with E-state index in [1.165, 1.54) is 16.6 Å². The molecule has 1 aromatic carbocycles. The second-order valence-corrected chi connectivity index (χ2v) is 6.46. The Morgan fingerprint density at radius 3 is 2.45 bits per heavy atom. The number of anilines is 2. The average molecular weight is 310 g/mol. The molecule has 1 aliphatic heterocycles. The molecule has 0 N–H and O–H groups in total. The molecule has 0 spiro atoms. The molecule has 0 aliphatic carbocycles. The largest absolute Gasteiger partial charge is 0.368 e. The van der Waals surface area contributed by atoms with E-state index in [4.69, 9.17) is 0 Å². The summed E-state index contributed by atoms with van der Waals surface area (Å²) < 4.78 is 0. The number of rotatable bonds is 2. The van der Waals surface area contributed by atoms with E-state index in [0.717, 1.165) is 36.8 Å². The Morgan fingerprint density at radius 2 is 1.68 bits per heavy atom. The number of para-hydroxylation sites is 1. The average Bonchev–Trinajstić information content (AvgIpc) is 2.97. The molecule has 0 amide bonds. The highest BCUT2D eigenvalue weighted by Gasteiger charge is 2.21. The summed E-state index contributed by atoms with van der Waals surface area (Å²) in [6.45, 7) is 6.19. The van der Waals surface area contributed by atoms with Gasteiger partial charge in [-0.2, -0.15) is 0 Å². The van der Waals surface area contributed by atoms with Crippen LogP contribution in [0, 0.1) is 6.92 Å². The van der Waals surface area contributed by atoms with Gasteiger partial charge < -0.3 is 9.80 Å². The Kier molecular flexibility index (Phi) is 3.42. The summed E-state index contributed by atoms with van der Waals surface area (Å²) >= 11 is 1.70. The van der Waals surface area contributed by atoms with Gasteiger partial charge in [0, 0.05) is 31.9 Å². The van der Waals surface area contributed by atoms with Gasteiger partial charge in [-0.25, -0.2) is 9.97 Å². The van der Waals surface area contributed by atoms with Crippen molar-refractivity contribution in [2.45, 2.75) is 6.92 Å². The molecule has 1 aliphatic rings. The predicted octanol–water partition coefficient (Wildman–Crippen LogP) is 3.33. The standard InChI is InChI=1S/C17H18N4S/c1-13-11-22-17-15(13)16(18-12-19-17)21-9-7-20(8-10-21)14-5-3-2-4-6-14/h2-6,11-12H,7-10H2,1H3. The monoisotopic (exact) mass is 310 g/mol. The molecule has 4 rings (SSSR count). The van der Waals surface area contributed by atoms with Crippen LogP contribution in [0.3, 0.4) is 0 Å². The molecule has 1 fully saturated rings. The molecule has 5 heteroatoms. The molecule has 0 atom stereocenters. The zero-order valence-corrected chi connectivity index (χ0v) is 13.4. The Balaban J connectivity index is 1.57. The van der Waals surface area contributed by atoms with Crippen LogP contribution in [0.15, 0.2) is 42.0 Å². The fraction of sp³-hybridized carbons (Fsp3) is 0.294. The highest BCUT2D eigenvalue weighted by atomic mass is 32.1. The van der Waals surface area contributed by atoms with E-state index in [1.807, 2.05) is 0 Å². The maximum absolute atomic E-state index is 4.56. The van der Waals surface area contributed by atoms with Crippen molar-refractivity contribution in [2.24, 2.45) is 0 Å². The molecule has 2 aromatic heterocycles. The number of thiophene rings is 1. The van der Waals surface area contributed by atoms with Gasteiger partial charge in [0.25, 0.3) is 0 Å². The van der Waals surface area contributed by atoms with Crippen molar-refractivity contribution >= 4 is 33.1 Å². The van der Waals surface area contributed by atoms with Gasteiger partial charge in [-0.05, 0) is 30.0 Å². The van der Waals surface area contributed by atoms with Crippen LogP contribution in [0.5, 0.6) is 0 Å². The lowest BCUT2D eigenvalue weighted by molar-refractivity contribution is 0.649. The van der Waals surface area contributed by atoms with E-state index < -0.39 is 0 Å². The molecular formula is C17H18N4S. The van der Waals surface area contributed by atoms with E-state index in [0.29, 0.717) is 0 Å². The van der Waals surface area contributed by atoms with Crippen LogP contribution in [0.4, 0.5) is 11.5 Å². The first kappa shape index (κ1) is 13.5.